The van der Waals surface area contributed by atoms with Crippen LogP contribution in [-0.4, -0.2) is 48.1 Å². The minimum Gasteiger partial charge on any atom is -0.315 e. The molecule has 2 heterocycles. The zero-order valence-corrected chi connectivity index (χ0v) is 13.0. The molecule has 1 saturated heterocycles. The average molecular weight is 284 g/mol. The van der Waals surface area contributed by atoms with Crippen molar-refractivity contribution in [2.24, 2.45) is 0 Å². The molecular formula is C14H24N2S2. The number of rotatable bonds is 6. The highest BCUT2D eigenvalue weighted by Crippen LogP contribution is 2.24. The molecule has 0 aliphatic carbocycles. The maximum Gasteiger partial charge on any atom is 0.0149 e. The quantitative estimate of drug-likeness (QED) is 0.809. The predicted octanol–water partition coefficient (Wildman–Crippen LogP) is 2.71. The van der Waals surface area contributed by atoms with Gasteiger partial charge in [0.2, 0.25) is 0 Å². The van der Waals surface area contributed by atoms with E-state index < -0.39 is 0 Å². The third-order valence-corrected chi connectivity index (χ3v) is 5.39. The Morgan fingerprint density at radius 1 is 1.28 bits per heavy atom. The molecule has 0 saturated carbocycles. The van der Waals surface area contributed by atoms with Gasteiger partial charge in [0.05, 0.1) is 0 Å². The van der Waals surface area contributed by atoms with E-state index in [1.165, 1.54) is 30.9 Å². The van der Waals surface area contributed by atoms with Crippen LogP contribution in [0.25, 0.3) is 0 Å². The third kappa shape index (κ3) is 4.92. The van der Waals surface area contributed by atoms with E-state index in [0.717, 1.165) is 23.6 Å². The van der Waals surface area contributed by atoms with E-state index >= 15 is 0 Å². The van der Waals surface area contributed by atoms with Gasteiger partial charge in [-0.25, -0.2) is 0 Å². The standard InChI is InChI=1S/C14H24N2S2/c1-12-10-16(11-13(2)18-12)8-7-15-6-5-14-4-3-9-17-14/h3-4,9,12-13,15H,5-8,10-11H2,1-2H3. The highest BCUT2D eigenvalue weighted by atomic mass is 32.2. The maximum atomic E-state index is 3.56. The highest BCUT2D eigenvalue weighted by molar-refractivity contribution is 8.00. The molecule has 0 spiro atoms. The second-order valence-corrected chi connectivity index (χ2v) is 8.01. The molecular weight excluding hydrogens is 260 g/mol. The van der Waals surface area contributed by atoms with Crippen LogP contribution >= 0.6 is 23.1 Å². The Morgan fingerprint density at radius 2 is 2.06 bits per heavy atom. The first-order valence-corrected chi connectivity index (χ1v) is 8.67. The number of nitrogens with zero attached hydrogens (tertiary/aromatic N) is 1. The molecule has 0 amide bonds. The maximum absolute atomic E-state index is 3.56. The Balaban J connectivity index is 1.55. The largest absolute Gasteiger partial charge is 0.315 e. The van der Waals surface area contributed by atoms with Gasteiger partial charge < -0.3 is 5.32 Å². The number of nitrogens with one attached hydrogen (secondary N) is 1. The number of hydrogen-bond acceptors (Lipinski definition) is 4. The van der Waals surface area contributed by atoms with Crippen molar-refractivity contribution in [3.8, 4) is 0 Å². The fraction of sp³-hybridized carbons (Fsp3) is 0.714. The first-order valence-electron chi connectivity index (χ1n) is 6.85. The van der Waals surface area contributed by atoms with Crippen LogP contribution in [0.2, 0.25) is 0 Å². The van der Waals surface area contributed by atoms with Gasteiger partial charge in [-0.3, -0.25) is 4.90 Å². The highest BCUT2D eigenvalue weighted by Gasteiger charge is 2.21. The van der Waals surface area contributed by atoms with Crippen LogP contribution in [0.15, 0.2) is 17.5 Å². The van der Waals surface area contributed by atoms with Gasteiger partial charge in [0, 0.05) is 48.1 Å². The minimum atomic E-state index is 0.792. The van der Waals surface area contributed by atoms with E-state index in [4.69, 9.17) is 0 Å². The zero-order chi connectivity index (χ0) is 12.8. The average Bonchev–Trinajstić information content (AvgIpc) is 2.80. The van der Waals surface area contributed by atoms with Crippen molar-refractivity contribution in [2.45, 2.75) is 30.8 Å². The summed E-state index contributed by atoms with van der Waals surface area (Å²) in [5.74, 6) is 0. The Bertz CT molecular complexity index is 317. The summed E-state index contributed by atoms with van der Waals surface area (Å²) in [7, 11) is 0. The molecule has 1 aliphatic rings. The summed E-state index contributed by atoms with van der Waals surface area (Å²) in [5.41, 5.74) is 0. The fourth-order valence-electron chi connectivity index (χ4n) is 2.50. The van der Waals surface area contributed by atoms with Crippen LogP contribution in [0.3, 0.4) is 0 Å². The van der Waals surface area contributed by atoms with Crippen molar-refractivity contribution in [1.82, 2.24) is 10.2 Å². The third-order valence-electron chi connectivity index (χ3n) is 3.23. The van der Waals surface area contributed by atoms with Gasteiger partial charge >= 0.3 is 0 Å². The summed E-state index contributed by atoms with van der Waals surface area (Å²) in [4.78, 5) is 4.09. The number of thiophene rings is 1. The van der Waals surface area contributed by atoms with Gasteiger partial charge in [-0.2, -0.15) is 11.8 Å². The first kappa shape index (κ1) is 14.4. The van der Waals surface area contributed by atoms with E-state index in [-0.39, 0.29) is 0 Å². The lowest BCUT2D eigenvalue weighted by Gasteiger charge is -2.34. The SMILES string of the molecule is CC1CN(CCNCCc2cccs2)CC(C)S1. The lowest BCUT2D eigenvalue weighted by Crippen LogP contribution is -2.43. The van der Waals surface area contributed by atoms with Crippen LogP contribution in [-0.2, 0) is 6.42 Å². The topological polar surface area (TPSA) is 15.3 Å². The van der Waals surface area contributed by atoms with Gasteiger partial charge in [-0.15, -0.1) is 11.3 Å². The molecule has 2 rings (SSSR count). The van der Waals surface area contributed by atoms with Crippen LogP contribution in [0.4, 0.5) is 0 Å². The molecule has 2 nitrogen and oxygen atoms in total. The second kappa shape index (κ2) is 7.53. The summed E-state index contributed by atoms with van der Waals surface area (Å²) in [6.07, 6.45) is 1.17. The monoisotopic (exact) mass is 284 g/mol. The Hall–Kier alpha value is -0.0300. The zero-order valence-electron chi connectivity index (χ0n) is 11.4. The van der Waals surface area contributed by atoms with Crippen molar-refractivity contribution < 1.29 is 0 Å². The Labute approximate surface area is 119 Å². The van der Waals surface area contributed by atoms with Gasteiger partial charge in [-0.05, 0) is 17.9 Å². The molecule has 0 aromatic carbocycles. The van der Waals surface area contributed by atoms with Crippen molar-refractivity contribution >= 4 is 23.1 Å². The van der Waals surface area contributed by atoms with Crippen molar-refractivity contribution in [3.05, 3.63) is 22.4 Å². The number of thioether (sulfide) groups is 1. The molecule has 1 N–H and O–H groups in total. The molecule has 18 heavy (non-hydrogen) atoms. The minimum absolute atomic E-state index is 0.792. The molecule has 1 fully saturated rings. The van der Waals surface area contributed by atoms with Crippen molar-refractivity contribution in [3.63, 3.8) is 0 Å². The van der Waals surface area contributed by atoms with Crippen LogP contribution in [0.5, 0.6) is 0 Å². The summed E-state index contributed by atoms with van der Waals surface area (Å²) in [5, 5.41) is 7.30. The van der Waals surface area contributed by atoms with E-state index in [1.807, 2.05) is 11.3 Å². The molecule has 1 aliphatic heterocycles. The van der Waals surface area contributed by atoms with E-state index in [9.17, 15) is 0 Å². The molecule has 102 valence electrons. The first-order chi connectivity index (χ1) is 8.74. The molecule has 2 unspecified atom stereocenters. The lowest BCUT2D eigenvalue weighted by atomic mass is 10.3. The molecule has 2 atom stereocenters. The Kier molecular flexibility index (Phi) is 6.02. The van der Waals surface area contributed by atoms with E-state index in [1.54, 1.807) is 0 Å². The molecule has 1 aromatic rings. The van der Waals surface area contributed by atoms with Gasteiger partial charge in [0.15, 0.2) is 0 Å². The summed E-state index contributed by atoms with van der Waals surface area (Å²) in [6.45, 7) is 10.6. The second-order valence-electron chi connectivity index (χ2n) is 5.10. The van der Waals surface area contributed by atoms with Crippen LogP contribution in [0.1, 0.15) is 18.7 Å². The summed E-state index contributed by atoms with van der Waals surface area (Å²) < 4.78 is 0. The van der Waals surface area contributed by atoms with E-state index in [0.29, 0.717) is 0 Å². The fourth-order valence-corrected chi connectivity index (χ4v) is 4.59. The molecule has 0 radical (unpaired) electrons. The van der Waals surface area contributed by atoms with Crippen LogP contribution < -0.4 is 5.32 Å². The van der Waals surface area contributed by atoms with Gasteiger partial charge in [0.25, 0.3) is 0 Å². The van der Waals surface area contributed by atoms with Gasteiger partial charge in [0.1, 0.15) is 0 Å². The Morgan fingerprint density at radius 3 is 2.72 bits per heavy atom. The van der Waals surface area contributed by atoms with Crippen molar-refractivity contribution in [1.29, 1.82) is 0 Å². The lowest BCUT2D eigenvalue weighted by molar-refractivity contribution is 0.271. The van der Waals surface area contributed by atoms with Gasteiger partial charge in [-0.1, -0.05) is 19.9 Å². The van der Waals surface area contributed by atoms with E-state index in [2.05, 4.69) is 53.3 Å². The summed E-state index contributed by atoms with van der Waals surface area (Å²) >= 11 is 3.98. The smallest absolute Gasteiger partial charge is 0.0149 e. The summed E-state index contributed by atoms with van der Waals surface area (Å²) in [6, 6.07) is 4.35. The van der Waals surface area contributed by atoms with Crippen LogP contribution in [0, 0.1) is 0 Å². The molecule has 1 aromatic heterocycles. The number of hydrogen-bond donors (Lipinski definition) is 1. The molecule has 4 heteroatoms. The normalized spacial score (nSPS) is 25.4. The molecule has 0 bridgehead atoms. The van der Waals surface area contributed by atoms with Crippen molar-refractivity contribution in [2.75, 3.05) is 32.7 Å². The predicted molar refractivity (Wildman–Crippen MR) is 83.8 cm³/mol.